The van der Waals surface area contributed by atoms with Gasteiger partial charge in [-0.25, -0.2) is 9.37 Å². The van der Waals surface area contributed by atoms with Crippen LogP contribution >= 0.6 is 11.3 Å². The largest absolute Gasteiger partial charge is 0.427 e. The Bertz CT molecular complexity index is 1210. The molecule has 0 spiro atoms. The van der Waals surface area contributed by atoms with Gasteiger partial charge < -0.3 is 9.64 Å². The molecule has 0 unspecified atom stereocenters. The number of anilines is 1. The van der Waals surface area contributed by atoms with Crippen LogP contribution in [0.25, 0.3) is 10.2 Å². The molecule has 182 valence electrons. The molecule has 0 bridgehead atoms. The SMILES string of the molecule is CC(=O)Oc1cc(C)cc(CN2[C@H](C)CN(c3nc4cc(F)c(C(F)(F)F)cc4s3)C[C@@H]2C)c1. The van der Waals surface area contributed by atoms with Crippen molar-refractivity contribution in [2.75, 3.05) is 18.0 Å². The highest BCUT2D eigenvalue weighted by Crippen LogP contribution is 2.38. The van der Waals surface area contributed by atoms with Crippen molar-refractivity contribution in [3.8, 4) is 5.75 Å². The molecule has 5 nitrogen and oxygen atoms in total. The van der Waals surface area contributed by atoms with Crippen molar-refractivity contribution in [2.45, 2.75) is 52.5 Å². The van der Waals surface area contributed by atoms with Crippen LogP contribution in [0.1, 0.15) is 37.5 Å². The third kappa shape index (κ3) is 5.17. The first kappa shape index (κ1) is 24.4. The van der Waals surface area contributed by atoms with Gasteiger partial charge in [0.15, 0.2) is 5.13 Å². The molecule has 0 saturated carbocycles. The molecule has 1 fully saturated rings. The standard InChI is InChI=1S/C24H25F4N3O2S/c1-13-5-17(7-18(6-13)33-16(4)32)12-31-14(2)10-30(11-15(31)3)23-29-21-9-20(25)19(24(26,27)28)8-22(21)34-23/h5-9,14-15H,10-12H2,1-4H3/t14-,15+. The fraction of sp³-hybridized carbons (Fsp3) is 0.417. The van der Waals surface area contributed by atoms with Crippen molar-refractivity contribution in [1.82, 2.24) is 9.88 Å². The Labute approximate surface area is 198 Å². The molecule has 2 atom stereocenters. The topological polar surface area (TPSA) is 45.7 Å². The summed E-state index contributed by atoms with van der Waals surface area (Å²) in [6.45, 7) is 9.39. The van der Waals surface area contributed by atoms with Gasteiger partial charge in [-0.2, -0.15) is 13.2 Å². The molecule has 0 amide bonds. The van der Waals surface area contributed by atoms with E-state index in [2.05, 4.69) is 29.8 Å². The first-order valence-corrected chi connectivity index (χ1v) is 11.7. The van der Waals surface area contributed by atoms with Gasteiger partial charge in [-0.3, -0.25) is 9.69 Å². The maximum Gasteiger partial charge on any atom is 0.419 e. The first-order chi connectivity index (χ1) is 15.9. The van der Waals surface area contributed by atoms with Crippen LogP contribution in [0.5, 0.6) is 5.75 Å². The number of piperazine rings is 1. The number of alkyl halides is 3. The average Bonchev–Trinajstić information content (AvgIpc) is 3.11. The normalized spacial score (nSPS) is 19.6. The van der Waals surface area contributed by atoms with Crippen LogP contribution in [0.4, 0.5) is 22.7 Å². The number of benzene rings is 2. The van der Waals surface area contributed by atoms with Gasteiger partial charge in [-0.1, -0.05) is 17.4 Å². The predicted octanol–water partition coefficient (Wildman–Crippen LogP) is 5.79. The van der Waals surface area contributed by atoms with E-state index in [4.69, 9.17) is 4.74 Å². The second-order valence-corrected chi connectivity index (χ2v) is 9.83. The molecule has 2 aromatic carbocycles. The van der Waals surface area contributed by atoms with Crippen LogP contribution in [-0.4, -0.2) is 41.0 Å². The van der Waals surface area contributed by atoms with Gasteiger partial charge >= 0.3 is 12.1 Å². The summed E-state index contributed by atoms with van der Waals surface area (Å²) in [4.78, 5) is 20.1. The monoisotopic (exact) mass is 495 g/mol. The number of esters is 1. The van der Waals surface area contributed by atoms with Gasteiger partial charge in [0.2, 0.25) is 0 Å². The molecule has 2 heterocycles. The molecule has 0 radical (unpaired) electrons. The van der Waals surface area contributed by atoms with Gasteiger partial charge in [0.1, 0.15) is 11.6 Å². The fourth-order valence-electron chi connectivity index (χ4n) is 4.46. The van der Waals surface area contributed by atoms with Crippen molar-refractivity contribution in [3.05, 3.63) is 52.8 Å². The molecule has 10 heteroatoms. The fourth-order valence-corrected chi connectivity index (χ4v) is 5.47. The highest BCUT2D eigenvalue weighted by Gasteiger charge is 2.35. The second-order valence-electron chi connectivity index (χ2n) is 8.82. The Morgan fingerprint density at radius 1 is 1.15 bits per heavy atom. The Morgan fingerprint density at radius 2 is 1.82 bits per heavy atom. The Balaban J connectivity index is 1.52. The van der Waals surface area contributed by atoms with Crippen molar-refractivity contribution in [2.24, 2.45) is 0 Å². The molecule has 34 heavy (non-hydrogen) atoms. The third-order valence-electron chi connectivity index (χ3n) is 5.88. The van der Waals surface area contributed by atoms with Gasteiger partial charge in [0.05, 0.1) is 15.8 Å². The number of carbonyl (C=O) groups is 1. The van der Waals surface area contributed by atoms with Crippen LogP contribution in [0.15, 0.2) is 30.3 Å². The van der Waals surface area contributed by atoms with Crippen LogP contribution in [0, 0.1) is 12.7 Å². The number of rotatable bonds is 4. The quantitative estimate of drug-likeness (QED) is 0.261. The number of carbonyl (C=O) groups excluding carboxylic acids is 1. The lowest BCUT2D eigenvalue weighted by molar-refractivity contribution is -0.139. The zero-order chi connectivity index (χ0) is 24.8. The Kier molecular flexibility index (Phi) is 6.56. The smallest absolute Gasteiger partial charge is 0.419 e. The maximum atomic E-state index is 14.0. The molecule has 0 N–H and O–H groups in total. The van der Waals surface area contributed by atoms with E-state index >= 15 is 0 Å². The highest BCUT2D eigenvalue weighted by atomic mass is 32.1. The van der Waals surface area contributed by atoms with E-state index in [0.717, 1.165) is 34.6 Å². The summed E-state index contributed by atoms with van der Waals surface area (Å²) in [5.74, 6) is -1.17. The summed E-state index contributed by atoms with van der Waals surface area (Å²) >= 11 is 1.14. The minimum Gasteiger partial charge on any atom is -0.427 e. The first-order valence-electron chi connectivity index (χ1n) is 10.9. The molecule has 1 saturated heterocycles. The zero-order valence-electron chi connectivity index (χ0n) is 19.2. The van der Waals surface area contributed by atoms with Crippen LogP contribution < -0.4 is 9.64 Å². The van der Waals surface area contributed by atoms with Crippen molar-refractivity contribution < 1.29 is 27.1 Å². The van der Waals surface area contributed by atoms with E-state index in [-0.39, 0.29) is 23.6 Å². The molecular weight excluding hydrogens is 470 g/mol. The summed E-state index contributed by atoms with van der Waals surface area (Å²) < 4.78 is 58.8. The summed E-state index contributed by atoms with van der Waals surface area (Å²) in [6, 6.07) is 7.68. The number of nitrogens with zero attached hydrogens (tertiary/aromatic N) is 3. The zero-order valence-corrected chi connectivity index (χ0v) is 20.1. The number of ether oxygens (including phenoxy) is 1. The molecular formula is C24H25F4N3O2S. The van der Waals surface area contributed by atoms with E-state index in [1.807, 2.05) is 24.0 Å². The van der Waals surface area contributed by atoms with Crippen LogP contribution in [0.2, 0.25) is 0 Å². The van der Waals surface area contributed by atoms with Crippen LogP contribution in [0.3, 0.4) is 0 Å². The lowest BCUT2D eigenvalue weighted by Crippen LogP contribution is -2.56. The molecule has 4 rings (SSSR count). The second kappa shape index (κ2) is 9.14. The van der Waals surface area contributed by atoms with E-state index in [1.165, 1.54) is 6.92 Å². The van der Waals surface area contributed by atoms with Crippen molar-refractivity contribution in [1.29, 1.82) is 0 Å². The third-order valence-corrected chi connectivity index (χ3v) is 6.96. The lowest BCUT2D eigenvalue weighted by Gasteiger charge is -2.44. The van der Waals surface area contributed by atoms with E-state index in [0.29, 0.717) is 35.2 Å². The maximum absolute atomic E-state index is 14.0. The number of thiazole rings is 1. The number of hydrogen-bond donors (Lipinski definition) is 0. The predicted molar refractivity (Wildman–Crippen MR) is 124 cm³/mol. The molecule has 0 aliphatic carbocycles. The molecule has 1 aliphatic heterocycles. The van der Waals surface area contributed by atoms with Crippen LogP contribution in [-0.2, 0) is 17.5 Å². The minimum atomic E-state index is -4.75. The molecule has 3 aromatic rings. The Hall–Kier alpha value is -2.72. The molecule has 1 aromatic heterocycles. The van der Waals surface area contributed by atoms with E-state index < -0.39 is 17.6 Å². The number of fused-ring (bicyclic) bond motifs is 1. The Morgan fingerprint density at radius 3 is 2.44 bits per heavy atom. The van der Waals surface area contributed by atoms with Crippen molar-refractivity contribution >= 4 is 32.7 Å². The number of halogens is 4. The summed E-state index contributed by atoms with van der Waals surface area (Å²) in [6.07, 6.45) is -4.75. The van der Waals surface area contributed by atoms with Gasteiger partial charge in [-0.05, 0) is 50.1 Å². The van der Waals surface area contributed by atoms with Crippen molar-refractivity contribution in [3.63, 3.8) is 0 Å². The number of aromatic nitrogens is 1. The van der Waals surface area contributed by atoms with E-state index in [9.17, 15) is 22.4 Å². The lowest BCUT2D eigenvalue weighted by atomic mass is 10.0. The average molecular weight is 496 g/mol. The van der Waals surface area contributed by atoms with Gasteiger partial charge in [0.25, 0.3) is 0 Å². The summed E-state index contributed by atoms with van der Waals surface area (Å²) in [5, 5.41) is 0.583. The van der Waals surface area contributed by atoms with Gasteiger partial charge in [-0.15, -0.1) is 0 Å². The number of hydrogen-bond acceptors (Lipinski definition) is 6. The van der Waals surface area contributed by atoms with Gasteiger partial charge in [0, 0.05) is 44.7 Å². The summed E-state index contributed by atoms with van der Waals surface area (Å²) in [7, 11) is 0. The van der Waals surface area contributed by atoms with E-state index in [1.54, 1.807) is 0 Å². The highest BCUT2D eigenvalue weighted by molar-refractivity contribution is 7.22. The number of aryl methyl sites for hydroxylation is 1. The summed E-state index contributed by atoms with van der Waals surface area (Å²) in [5.41, 5.74) is 0.977. The minimum absolute atomic E-state index is 0.121. The molecule has 1 aliphatic rings.